The normalized spacial score (nSPS) is 18.7. The van der Waals surface area contributed by atoms with Crippen molar-refractivity contribution in [2.45, 2.75) is 20.3 Å². The van der Waals surface area contributed by atoms with Gasteiger partial charge in [0.05, 0.1) is 11.2 Å². The number of pyridine rings is 1. The van der Waals surface area contributed by atoms with Crippen LogP contribution in [0.15, 0.2) is 59.7 Å². The summed E-state index contributed by atoms with van der Waals surface area (Å²) in [4.78, 5) is 20.6. The molecule has 3 aromatic rings. The van der Waals surface area contributed by atoms with Crippen LogP contribution in [0.3, 0.4) is 0 Å². The smallest absolute Gasteiger partial charge is 0.237 e. The summed E-state index contributed by atoms with van der Waals surface area (Å²) < 4.78 is 0. The van der Waals surface area contributed by atoms with Gasteiger partial charge in [-0.2, -0.15) is 0 Å². The van der Waals surface area contributed by atoms with E-state index in [2.05, 4.69) is 22.5 Å². The van der Waals surface area contributed by atoms with Crippen molar-refractivity contribution >= 4 is 39.9 Å². The Morgan fingerprint density at radius 2 is 2.00 bits per heavy atom. The van der Waals surface area contributed by atoms with Crippen molar-refractivity contribution in [3.05, 3.63) is 64.6 Å². The van der Waals surface area contributed by atoms with Gasteiger partial charge in [0.1, 0.15) is 0 Å². The van der Waals surface area contributed by atoms with Crippen LogP contribution in [-0.4, -0.2) is 10.9 Å². The third-order valence-corrected chi connectivity index (χ3v) is 5.22. The van der Waals surface area contributed by atoms with Crippen LogP contribution in [0.4, 0.5) is 5.69 Å². The molecule has 0 spiro atoms. The second-order valence-corrected chi connectivity index (χ2v) is 7.68. The van der Waals surface area contributed by atoms with Crippen LogP contribution < -0.4 is 4.90 Å². The lowest BCUT2D eigenvalue weighted by molar-refractivity contribution is -0.123. The summed E-state index contributed by atoms with van der Waals surface area (Å²) in [5.41, 5.74) is 2.36. The highest BCUT2D eigenvalue weighted by Gasteiger charge is 2.43. The van der Waals surface area contributed by atoms with Crippen LogP contribution >= 0.6 is 11.3 Å². The molecule has 0 atom stereocenters. The molecule has 4 heteroatoms. The minimum atomic E-state index is -0.403. The van der Waals surface area contributed by atoms with Gasteiger partial charge in [-0.3, -0.25) is 14.7 Å². The molecule has 0 unspecified atom stereocenters. The predicted molar refractivity (Wildman–Crippen MR) is 99.9 cm³/mol. The molecule has 3 nitrogen and oxygen atoms in total. The first kappa shape index (κ1) is 15.1. The number of anilines is 1. The molecule has 120 valence electrons. The molecular weight excluding hydrogens is 316 g/mol. The van der Waals surface area contributed by atoms with Gasteiger partial charge in [0.15, 0.2) is 0 Å². The highest BCUT2D eigenvalue weighted by atomic mass is 32.1. The number of carbonyl (C=O) groups excluding carboxylic acids is 1. The van der Waals surface area contributed by atoms with E-state index in [-0.39, 0.29) is 5.91 Å². The molecule has 1 amide bonds. The van der Waals surface area contributed by atoms with Crippen molar-refractivity contribution in [1.29, 1.82) is 0 Å². The summed E-state index contributed by atoms with van der Waals surface area (Å²) in [7, 11) is 0. The van der Waals surface area contributed by atoms with E-state index in [1.54, 1.807) is 17.5 Å². The minimum Gasteiger partial charge on any atom is -0.282 e. The molecule has 0 saturated carbocycles. The number of benzene rings is 1. The fourth-order valence-corrected chi connectivity index (χ4v) is 3.90. The fraction of sp³-hybridized carbons (Fsp3) is 0.200. The van der Waals surface area contributed by atoms with E-state index in [0.29, 0.717) is 0 Å². The molecule has 0 radical (unpaired) electrons. The van der Waals surface area contributed by atoms with Crippen molar-refractivity contribution in [3.63, 3.8) is 0 Å². The number of thiophene rings is 1. The van der Waals surface area contributed by atoms with E-state index < -0.39 is 5.41 Å². The van der Waals surface area contributed by atoms with Crippen LogP contribution in [0.5, 0.6) is 0 Å². The number of amides is 1. The minimum absolute atomic E-state index is 0.128. The highest BCUT2D eigenvalue weighted by molar-refractivity contribution is 7.10. The van der Waals surface area contributed by atoms with Crippen molar-refractivity contribution in [2.75, 3.05) is 4.90 Å². The van der Waals surface area contributed by atoms with Gasteiger partial charge in [-0.1, -0.05) is 38.1 Å². The summed E-state index contributed by atoms with van der Waals surface area (Å²) >= 11 is 1.68. The van der Waals surface area contributed by atoms with E-state index >= 15 is 0 Å². The van der Waals surface area contributed by atoms with Crippen LogP contribution in [0.25, 0.3) is 17.0 Å². The first-order valence-electron chi connectivity index (χ1n) is 7.99. The third kappa shape index (κ3) is 2.43. The monoisotopic (exact) mass is 334 g/mol. The van der Waals surface area contributed by atoms with Gasteiger partial charge in [-0.05, 0) is 29.7 Å². The number of hydrogen-bond acceptors (Lipinski definition) is 3. The number of aromatic nitrogens is 1. The van der Waals surface area contributed by atoms with Gasteiger partial charge in [-0.25, -0.2) is 0 Å². The van der Waals surface area contributed by atoms with E-state index in [4.69, 9.17) is 0 Å². The van der Waals surface area contributed by atoms with Gasteiger partial charge < -0.3 is 0 Å². The Bertz CT molecular complexity index is 936. The first-order valence-corrected chi connectivity index (χ1v) is 8.87. The topological polar surface area (TPSA) is 33.2 Å². The second-order valence-electron chi connectivity index (χ2n) is 6.70. The maximum Gasteiger partial charge on any atom is 0.237 e. The largest absolute Gasteiger partial charge is 0.282 e. The Balaban J connectivity index is 1.91. The third-order valence-electron chi connectivity index (χ3n) is 4.40. The van der Waals surface area contributed by atoms with E-state index in [0.717, 1.165) is 33.6 Å². The van der Waals surface area contributed by atoms with Crippen LogP contribution in [0.2, 0.25) is 0 Å². The Labute approximate surface area is 145 Å². The van der Waals surface area contributed by atoms with E-state index in [1.165, 1.54) is 0 Å². The van der Waals surface area contributed by atoms with Crippen LogP contribution in [-0.2, 0) is 4.79 Å². The summed E-state index contributed by atoms with van der Waals surface area (Å²) in [6.45, 7) is 4.02. The first-order chi connectivity index (χ1) is 11.6. The average Bonchev–Trinajstić information content (AvgIpc) is 3.14. The number of nitrogens with zero attached hydrogens (tertiary/aromatic N) is 2. The molecule has 3 heterocycles. The van der Waals surface area contributed by atoms with Crippen molar-refractivity contribution in [3.8, 4) is 0 Å². The van der Waals surface area contributed by atoms with Crippen molar-refractivity contribution < 1.29 is 4.79 Å². The zero-order valence-electron chi connectivity index (χ0n) is 13.7. The van der Waals surface area contributed by atoms with Gasteiger partial charge in [0, 0.05) is 34.0 Å². The summed E-state index contributed by atoms with van der Waals surface area (Å²) in [6.07, 6.45) is 4.63. The Morgan fingerprint density at radius 3 is 2.79 bits per heavy atom. The molecule has 1 aliphatic rings. The Hall–Kier alpha value is -2.46. The van der Waals surface area contributed by atoms with Gasteiger partial charge in [0.2, 0.25) is 5.91 Å². The zero-order valence-corrected chi connectivity index (χ0v) is 14.5. The molecule has 1 aliphatic heterocycles. The number of fused-ring (bicyclic) bond motifs is 1. The van der Waals surface area contributed by atoms with E-state index in [9.17, 15) is 4.79 Å². The summed E-state index contributed by atoms with van der Waals surface area (Å²) in [6, 6.07) is 14.1. The highest BCUT2D eigenvalue weighted by Crippen LogP contribution is 2.43. The lowest BCUT2D eigenvalue weighted by Crippen LogP contribution is -2.30. The SMILES string of the molecule is CC1(C)C/C(=C\c2cccs2)N(c2cccc3cccnc23)C1=O. The number of carbonyl (C=O) groups is 1. The van der Waals surface area contributed by atoms with Gasteiger partial charge >= 0.3 is 0 Å². The predicted octanol–water partition coefficient (Wildman–Crippen LogP) is 5.10. The number of allylic oxidation sites excluding steroid dienone is 1. The molecule has 0 aliphatic carbocycles. The second kappa shape index (κ2) is 5.56. The van der Waals surface area contributed by atoms with E-state index in [1.807, 2.05) is 55.1 Å². The number of hydrogen-bond donors (Lipinski definition) is 0. The molecular formula is C20H18N2OS. The molecule has 0 N–H and O–H groups in total. The molecule has 0 bridgehead atoms. The van der Waals surface area contributed by atoms with Crippen LogP contribution in [0.1, 0.15) is 25.1 Å². The lowest BCUT2D eigenvalue weighted by Gasteiger charge is -2.21. The Kier molecular flexibility index (Phi) is 3.50. The fourth-order valence-electron chi connectivity index (χ4n) is 3.23. The molecule has 2 aromatic heterocycles. The molecule has 24 heavy (non-hydrogen) atoms. The Morgan fingerprint density at radius 1 is 1.17 bits per heavy atom. The maximum absolute atomic E-state index is 13.1. The lowest BCUT2D eigenvalue weighted by atomic mass is 9.91. The number of rotatable bonds is 2. The maximum atomic E-state index is 13.1. The quantitative estimate of drug-likeness (QED) is 0.653. The van der Waals surface area contributed by atoms with Gasteiger partial charge in [0.25, 0.3) is 0 Å². The van der Waals surface area contributed by atoms with Gasteiger partial charge in [-0.15, -0.1) is 11.3 Å². The van der Waals surface area contributed by atoms with Crippen molar-refractivity contribution in [2.24, 2.45) is 5.41 Å². The molecule has 1 fully saturated rings. The molecule has 1 saturated heterocycles. The standard InChI is InChI=1S/C20H18N2OS/c1-20(2)13-15(12-16-8-5-11-24-16)22(19(20)23)17-9-3-6-14-7-4-10-21-18(14)17/h3-12H,13H2,1-2H3/b15-12+. The zero-order chi connectivity index (χ0) is 16.7. The summed E-state index contributed by atoms with van der Waals surface area (Å²) in [5, 5.41) is 3.10. The number of para-hydroxylation sites is 1. The van der Waals surface area contributed by atoms with Crippen molar-refractivity contribution in [1.82, 2.24) is 4.98 Å². The summed E-state index contributed by atoms with van der Waals surface area (Å²) in [5.74, 6) is 0.128. The average molecular weight is 334 g/mol. The van der Waals surface area contributed by atoms with Crippen LogP contribution in [0, 0.1) is 5.41 Å². The molecule has 4 rings (SSSR count). The molecule has 1 aromatic carbocycles.